The molecule has 2 heterocycles. The van der Waals surface area contributed by atoms with E-state index in [2.05, 4.69) is 16.7 Å². The van der Waals surface area contributed by atoms with Crippen molar-refractivity contribution in [1.82, 2.24) is 10.2 Å². The van der Waals surface area contributed by atoms with Crippen LogP contribution in [0.15, 0.2) is 24.3 Å². The summed E-state index contributed by atoms with van der Waals surface area (Å²) in [7, 11) is 0. The molecule has 112 valence electrons. The van der Waals surface area contributed by atoms with Crippen molar-refractivity contribution in [3.8, 4) is 0 Å². The summed E-state index contributed by atoms with van der Waals surface area (Å²) in [5.41, 5.74) is 2.28. The van der Waals surface area contributed by atoms with E-state index in [9.17, 15) is 9.59 Å². The molecule has 0 aromatic heterocycles. The number of anilines is 1. The summed E-state index contributed by atoms with van der Waals surface area (Å²) in [6, 6.07) is 7.79. The van der Waals surface area contributed by atoms with E-state index >= 15 is 0 Å². The van der Waals surface area contributed by atoms with Crippen LogP contribution in [0.4, 0.5) is 5.69 Å². The van der Waals surface area contributed by atoms with Gasteiger partial charge in [0.05, 0.1) is 5.92 Å². The molecule has 3 atom stereocenters. The fourth-order valence-electron chi connectivity index (χ4n) is 3.20. The van der Waals surface area contributed by atoms with Gasteiger partial charge in [0.15, 0.2) is 0 Å². The molecule has 5 heteroatoms. The van der Waals surface area contributed by atoms with Crippen molar-refractivity contribution in [3.63, 3.8) is 0 Å². The van der Waals surface area contributed by atoms with Crippen molar-refractivity contribution in [2.24, 2.45) is 5.92 Å². The molecule has 1 aromatic rings. The Labute approximate surface area is 124 Å². The molecule has 2 amide bonds. The standard InChI is InChI=1S/C16H21N3O2/c1-10-13(9-12-5-3-4-6-14(12)18-10)16(21)19-8-7-17-15(20)11(19)2/h3-6,10-11,13,18H,7-9H2,1-2H3,(H,17,20). The van der Waals surface area contributed by atoms with Crippen LogP contribution in [0.25, 0.3) is 0 Å². The first kappa shape index (κ1) is 13.9. The number of hydrogen-bond donors (Lipinski definition) is 2. The largest absolute Gasteiger partial charge is 0.382 e. The summed E-state index contributed by atoms with van der Waals surface area (Å²) in [4.78, 5) is 26.3. The number of carbonyl (C=O) groups is 2. The number of piperazine rings is 1. The molecule has 1 saturated heterocycles. The minimum Gasteiger partial charge on any atom is -0.382 e. The first-order valence-electron chi connectivity index (χ1n) is 7.50. The number of hydrogen-bond acceptors (Lipinski definition) is 3. The van der Waals surface area contributed by atoms with Gasteiger partial charge in [-0.05, 0) is 31.9 Å². The van der Waals surface area contributed by atoms with E-state index in [1.807, 2.05) is 25.1 Å². The lowest BCUT2D eigenvalue weighted by atomic mass is 9.86. The van der Waals surface area contributed by atoms with E-state index < -0.39 is 0 Å². The lowest BCUT2D eigenvalue weighted by Crippen LogP contribution is -2.58. The molecule has 0 aliphatic carbocycles. The molecular weight excluding hydrogens is 266 g/mol. The van der Waals surface area contributed by atoms with Crippen LogP contribution >= 0.6 is 0 Å². The summed E-state index contributed by atoms with van der Waals surface area (Å²) in [5.74, 6) is -0.105. The van der Waals surface area contributed by atoms with Gasteiger partial charge in [0.1, 0.15) is 6.04 Å². The molecule has 0 saturated carbocycles. The number of nitrogens with zero attached hydrogens (tertiary/aromatic N) is 1. The number of carbonyl (C=O) groups excluding carboxylic acids is 2. The average Bonchev–Trinajstić information content (AvgIpc) is 2.48. The third-order valence-corrected chi connectivity index (χ3v) is 4.54. The van der Waals surface area contributed by atoms with E-state index in [1.165, 1.54) is 5.56 Å². The third-order valence-electron chi connectivity index (χ3n) is 4.54. The second-order valence-corrected chi connectivity index (χ2v) is 5.90. The minimum absolute atomic E-state index is 0.0635. The number of benzene rings is 1. The molecule has 0 bridgehead atoms. The Morgan fingerprint density at radius 3 is 2.86 bits per heavy atom. The smallest absolute Gasteiger partial charge is 0.242 e. The van der Waals surface area contributed by atoms with E-state index in [1.54, 1.807) is 11.8 Å². The summed E-state index contributed by atoms with van der Waals surface area (Å²) in [5, 5.41) is 6.21. The van der Waals surface area contributed by atoms with Gasteiger partial charge < -0.3 is 15.5 Å². The zero-order chi connectivity index (χ0) is 15.0. The SMILES string of the molecule is CC1Nc2ccccc2CC1C(=O)N1CCNC(=O)C1C. The molecule has 21 heavy (non-hydrogen) atoms. The normalized spacial score (nSPS) is 28.4. The van der Waals surface area contributed by atoms with E-state index in [0.29, 0.717) is 13.1 Å². The van der Waals surface area contributed by atoms with Crippen LogP contribution < -0.4 is 10.6 Å². The van der Waals surface area contributed by atoms with Crippen LogP contribution in [0.3, 0.4) is 0 Å². The van der Waals surface area contributed by atoms with Crippen molar-refractivity contribution in [2.45, 2.75) is 32.4 Å². The second kappa shape index (κ2) is 5.39. The predicted molar refractivity (Wildman–Crippen MR) is 80.9 cm³/mol. The first-order valence-corrected chi connectivity index (χ1v) is 7.50. The molecule has 1 aromatic carbocycles. The zero-order valence-corrected chi connectivity index (χ0v) is 12.4. The first-order chi connectivity index (χ1) is 10.1. The maximum absolute atomic E-state index is 12.8. The highest BCUT2D eigenvalue weighted by molar-refractivity contribution is 5.90. The predicted octanol–water partition coefficient (Wildman–Crippen LogP) is 1.01. The molecule has 2 N–H and O–H groups in total. The van der Waals surface area contributed by atoms with Gasteiger partial charge in [0, 0.05) is 24.8 Å². The summed E-state index contributed by atoms with van der Waals surface area (Å²) in [6.45, 7) is 4.96. The average molecular weight is 287 g/mol. The molecule has 0 radical (unpaired) electrons. The molecule has 3 rings (SSSR count). The van der Waals surface area contributed by atoms with Crippen LogP contribution in [-0.2, 0) is 16.0 Å². The Morgan fingerprint density at radius 2 is 2.05 bits per heavy atom. The van der Waals surface area contributed by atoms with Gasteiger partial charge in [-0.25, -0.2) is 0 Å². The van der Waals surface area contributed by atoms with Crippen LogP contribution in [0.5, 0.6) is 0 Å². The van der Waals surface area contributed by atoms with Crippen molar-refractivity contribution >= 4 is 17.5 Å². The number of para-hydroxylation sites is 1. The monoisotopic (exact) mass is 287 g/mol. The highest BCUT2D eigenvalue weighted by Crippen LogP contribution is 2.29. The maximum Gasteiger partial charge on any atom is 0.242 e. The van der Waals surface area contributed by atoms with Crippen LogP contribution in [-0.4, -0.2) is 41.9 Å². The maximum atomic E-state index is 12.8. The molecular formula is C16H21N3O2. The number of rotatable bonds is 1. The van der Waals surface area contributed by atoms with Crippen molar-refractivity contribution in [3.05, 3.63) is 29.8 Å². The Hall–Kier alpha value is -2.04. The summed E-state index contributed by atoms with van der Waals surface area (Å²) >= 11 is 0. The van der Waals surface area contributed by atoms with Crippen molar-refractivity contribution in [1.29, 1.82) is 0 Å². The highest BCUT2D eigenvalue weighted by atomic mass is 16.2. The van der Waals surface area contributed by atoms with Crippen molar-refractivity contribution in [2.75, 3.05) is 18.4 Å². The Bertz CT molecular complexity index is 572. The van der Waals surface area contributed by atoms with E-state index in [-0.39, 0.29) is 29.8 Å². The summed E-state index contributed by atoms with van der Waals surface area (Å²) < 4.78 is 0. The van der Waals surface area contributed by atoms with Gasteiger partial charge in [-0.1, -0.05) is 18.2 Å². The van der Waals surface area contributed by atoms with Gasteiger partial charge >= 0.3 is 0 Å². The number of nitrogens with one attached hydrogen (secondary N) is 2. The minimum atomic E-state index is -0.379. The Morgan fingerprint density at radius 1 is 1.29 bits per heavy atom. The van der Waals surface area contributed by atoms with E-state index in [4.69, 9.17) is 0 Å². The van der Waals surface area contributed by atoms with Crippen LogP contribution in [0.2, 0.25) is 0 Å². The van der Waals surface area contributed by atoms with E-state index in [0.717, 1.165) is 12.1 Å². The lowest BCUT2D eigenvalue weighted by Gasteiger charge is -2.39. The van der Waals surface area contributed by atoms with Crippen LogP contribution in [0.1, 0.15) is 19.4 Å². The highest BCUT2D eigenvalue weighted by Gasteiger charge is 2.37. The van der Waals surface area contributed by atoms with Gasteiger partial charge in [-0.2, -0.15) is 0 Å². The van der Waals surface area contributed by atoms with Gasteiger partial charge in [-0.15, -0.1) is 0 Å². The molecule has 0 spiro atoms. The van der Waals surface area contributed by atoms with Gasteiger partial charge in [-0.3, -0.25) is 9.59 Å². The fourth-order valence-corrected chi connectivity index (χ4v) is 3.20. The number of fused-ring (bicyclic) bond motifs is 1. The zero-order valence-electron chi connectivity index (χ0n) is 12.4. The quantitative estimate of drug-likeness (QED) is 0.810. The number of amides is 2. The Balaban J connectivity index is 1.80. The molecule has 2 aliphatic heterocycles. The van der Waals surface area contributed by atoms with Gasteiger partial charge in [0.2, 0.25) is 11.8 Å². The molecule has 3 unspecified atom stereocenters. The van der Waals surface area contributed by atoms with Crippen molar-refractivity contribution < 1.29 is 9.59 Å². The van der Waals surface area contributed by atoms with Gasteiger partial charge in [0.25, 0.3) is 0 Å². The Kier molecular flexibility index (Phi) is 3.57. The molecule has 2 aliphatic rings. The van der Waals surface area contributed by atoms with Crippen LogP contribution in [0, 0.1) is 5.92 Å². The third kappa shape index (κ3) is 2.48. The fraction of sp³-hybridized carbons (Fsp3) is 0.500. The second-order valence-electron chi connectivity index (χ2n) is 5.90. The summed E-state index contributed by atoms with van der Waals surface area (Å²) in [6.07, 6.45) is 0.730. The molecule has 5 nitrogen and oxygen atoms in total. The lowest BCUT2D eigenvalue weighted by molar-refractivity contribution is -0.145. The topological polar surface area (TPSA) is 61.4 Å². The molecule has 1 fully saturated rings.